The number of pyridine rings is 1. The number of aromatic nitrogens is 1. The number of Topliss-reactive ketones (excluding diaryl/α,β-unsaturated/α-hetero) is 1. The molecule has 3 heterocycles. The van der Waals surface area contributed by atoms with Crippen LogP contribution in [-0.2, 0) is 0 Å². The SMILES string of the molecule is O=C(CC1=Nc2c(OCCCO)cccc2C2=NCCN12)c1cccnc1. The zero-order valence-corrected chi connectivity index (χ0v) is 14.8. The number of carbonyl (C=O) groups excluding carboxylic acids is 1. The number of para-hydroxylation sites is 1. The normalized spacial score (nSPS) is 14.9. The van der Waals surface area contributed by atoms with Gasteiger partial charge in [-0.15, -0.1) is 0 Å². The van der Waals surface area contributed by atoms with Crippen molar-refractivity contribution in [2.45, 2.75) is 12.8 Å². The number of ether oxygens (including phenoxy) is 1. The molecule has 0 amide bonds. The molecule has 0 aliphatic carbocycles. The molecule has 138 valence electrons. The first-order chi connectivity index (χ1) is 13.3. The highest BCUT2D eigenvalue weighted by Gasteiger charge is 2.32. The average Bonchev–Trinajstić information content (AvgIpc) is 3.20. The van der Waals surface area contributed by atoms with Crippen molar-refractivity contribution in [3.8, 4) is 5.75 Å². The Balaban J connectivity index is 1.67. The Morgan fingerprint density at radius 3 is 3.00 bits per heavy atom. The zero-order chi connectivity index (χ0) is 18.6. The van der Waals surface area contributed by atoms with Gasteiger partial charge in [0.1, 0.15) is 23.1 Å². The minimum Gasteiger partial charge on any atom is -0.491 e. The fraction of sp³-hybridized carbons (Fsp3) is 0.300. The molecular weight excluding hydrogens is 344 g/mol. The Bertz CT molecular complexity index is 909. The van der Waals surface area contributed by atoms with E-state index in [1.807, 2.05) is 23.1 Å². The van der Waals surface area contributed by atoms with Crippen LogP contribution in [0.15, 0.2) is 52.7 Å². The van der Waals surface area contributed by atoms with Crippen molar-refractivity contribution < 1.29 is 14.6 Å². The molecule has 7 nitrogen and oxygen atoms in total. The predicted molar refractivity (Wildman–Crippen MR) is 102 cm³/mol. The second-order valence-electron chi connectivity index (χ2n) is 6.30. The topological polar surface area (TPSA) is 87.4 Å². The van der Waals surface area contributed by atoms with Crippen molar-refractivity contribution in [1.82, 2.24) is 9.88 Å². The number of aliphatic hydroxyl groups excluding tert-OH is 1. The van der Waals surface area contributed by atoms with E-state index in [1.165, 1.54) is 0 Å². The van der Waals surface area contributed by atoms with Gasteiger partial charge in [-0.3, -0.25) is 14.8 Å². The third-order valence-electron chi connectivity index (χ3n) is 4.50. The first kappa shape index (κ1) is 17.4. The third kappa shape index (κ3) is 3.46. The van der Waals surface area contributed by atoms with Crippen LogP contribution in [-0.4, -0.2) is 58.7 Å². The second kappa shape index (κ2) is 7.67. The molecule has 2 aliphatic rings. The monoisotopic (exact) mass is 364 g/mol. The Morgan fingerprint density at radius 1 is 1.26 bits per heavy atom. The summed E-state index contributed by atoms with van der Waals surface area (Å²) >= 11 is 0. The van der Waals surface area contributed by atoms with Crippen molar-refractivity contribution in [3.05, 3.63) is 53.9 Å². The lowest BCUT2D eigenvalue weighted by Crippen LogP contribution is -2.38. The molecule has 0 atom stereocenters. The molecular formula is C20H20N4O3. The summed E-state index contributed by atoms with van der Waals surface area (Å²) in [6.45, 7) is 1.86. The Kier molecular flexibility index (Phi) is 4.93. The minimum absolute atomic E-state index is 0.0322. The van der Waals surface area contributed by atoms with E-state index in [-0.39, 0.29) is 18.8 Å². The van der Waals surface area contributed by atoms with E-state index >= 15 is 0 Å². The summed E-state index contributed by atoms with van der Waals surface area (Å²) < 4.78 is 5.80. The summed E-state index contributed by atoms with van der Waals surface area (Å²) in [4.78, 5) is 28.1. The highest BCUT2D eigenvalue weighted by atomic mass is 16.5. The molecule has 2 aliphatic heterocycles. The number of rotatable bonds is 7. The van der Waals surface area contributed by atoms with Gasteiger partial charge in [0, 0.05) is 43.1 Å². The van der Waals surface area contributed by atoms with Crippen molar-refractivity contribution in [2.24, 2.45) is 9.98 Å². The molecule has 0 saturated heterocycles. The summed E-state index contributed by atoms with van der Waals surface area (Å²) in [5, 5.41) is 8.98. The van der Waals surface area contributed by atoms with Crippen LogP contribution in [0.3, 0.4) is 0 Å². The number of hydrogen-bond donors (Lipinski definition) is 1. The van der Waals surface area contributed by atoms with E-state index in [4.69, 9.17) is 14.8 Å². The Morgan fingerprint density at radius 2 is 2.19 bits per heavy atom. The van der Waals surface area contributed by atoms with E-state index < -0.39 is 0 Å². The van der Waals surface area contributed by atoms with Gasteiger partial charge in [-0.1, -0.05) is 6.07 Å². The lowest BCUT2D eigenvalue weighted by Gasteiger charge is -2.28. The molecule has 1 aromatic heterocycles. The largest absolute Gasteiger partial charge is 0.491 e. The molecule has 0 saturated carbocycles. The molecule has 0 radical (unpaired) electrons. The fourth-order valence-corrected chi connectivity index (χ4v) is 3.21. The maximum absolute atomic E-state index is 12.7. The highest BCUT2D eigenvalue weighted by molar-refractivity contribution is 6.21. The highest BCUT2D eigenvalue weighted by Crippen LogP contribution is 2.37. The molecule has 7 heteroatoms. The van der Waals surface area contributed by atoms with Gasteiger partial charge < -0.3 is 14.7 Å². The minimum atomic E-state index is -0.0322. The molecule has 0 unspecified atom stereocenters. The molecule has 0 spiro atoms. The van der Waals surface area contributed by atoms with E-state index in [9.17, 15) is 4.79 Å². The standard InChI is InChI=1S/C20H20N4O3/c25-10-3-11-27-17-6-1-5-15-19(17)23-18(24-9-8-22-20(15)24)12-16(26)14-4-2-7-21-13-14/h1-2,4-7,13,25H,3,8-12H2. The number of benzene rings is 1. The number of carbonyl (C=O) groups is 1. The van der Waals surface area contributed by atoms with Crippen LogP contribution in [0.4, 0.5) is 5.69 Å². The molecule has 1 aromatic carbocycles. The van der Waals surface area contributed by atoms with Crippen LogP contribution in [0.5, 0.6) is 5.75 Å². The van der Waals surface area contributed by atoms with Gasteiger partial charge in [-0.05, 0) is 24.3 Å². The van der Waals surface area contributed by atoms with Gasteiger partial charge >= 0.3 is 0 Å². The number of ketones is 1. The smallest absolute Gasteiger partial charge is 0.171 e. The summed E-state index contributed by atoms with van der Waals surface area (Å²) in [6, 6.07) is 9.24. The number of amidine groups is 2. The van der Waals surface area contributed by atoms with Gasteiger partial charge in [-0.2, -0.15) is 0 Å². The summed E-state index contributed by atoms with van der Waals surface area (Å²) in [7, 11) is 0. The maximum Gasteiger partial charge on any atom is 0.171 e. The van der Waals surface area contributed by atoms with E-state index in [0.29, 0.717) is 49.0 Å². The Labute approximate surface area is 157 Å². The van der Waals surface area contributed by atoms with Crippen LogP contribution < -0.4 is 4.74 Å². The first-order valence-corrected chi connectivity index (χ1v) is 8.98. The summed E-state index contributed by atoms with van der Waals surface area (Å²) in [5.41, 5.74) is 2.17. The van der Waals surface area contributed by atoms with Crippen molar-refractivity contribution in [1.29, 1.82) is 0 Å². The van der Waals surface area contributed by atoms with Gasteiger partial charge in [0.05, 0.1) is 19.6 Å². The zero-order valence-electron chi connectivity index (χ0n) is 14.8. The van der Waals surface area contributed by atoms with Gasteiger partial charge in [0.15, 0.2) is 5.78 Å². The van der Waals surface area contributed by atoms with Crippen molar-refractivity contribution in [2.75, 3.05) is 26.3 Å². The second-order valence-corrected chi connectivity index (χ2v) is 6.30. The van der Waals surface area contributed by atoms with Crippen LogP contribution in [0.1, 0.15) is 28.8 Å². The van der Waals surface area contributed by atoms with Crippen LogP contribution >= 0.6 is 0 Å². The van der Waals surface area contributed by atoms with Gasteiger partial charge in [0.2, 0.25) is 0 Å². The van der Waals surface area contributed by atoms with Crippen LogP contribution in [0.25, 0.3) is 0 Å². The number of hydrogen-bond acceptors (Lipinski definition) is 7. The number of nitrogens with zero attached hydrogens (tertiary/aromatic N) is 4. The average molecular weight is 364 g/mol. The third-order valence-corrected chi connectivity index (χ3v) is 4.50. The lowest BCUT2D eigenvalue weighted by molar-refractivity contribution is 0.0998. The molecule has 1 N–H and O–H groups in total. The van der Waals surface area contributed by atoms with Crippen LogP contribution in [0, 0.1) is 0 Å². The van der Waals surface area contributed by atoms with Crippen LogP contribution in [0.2, 0.25) is 0 Å². The predicted octanol–water partition coefficient (Wildman–Crippen LogP) is 2.22. The fourth-order valence-electron chi connectivity index (χ4n) is 3.21. The number of aliphatic hydroxyl groups is 1. The van der Waals surface area contributed by atoms with Crippen molar-refractivity contribution in [3.63, 3.8) is 0 Å². The van der Waals surface area contributed by atoms with E-state index in [2.05, 4.69) is 9.98 Å². The number of aliphatic imine (C=N–C) groups is 2. The molecule has 2 aromatic rings. The van der Waals surface area contributed by atoms with E-state index in [1.54, 1.807) is 24.5 Å². The summed E-state index contributed by atoms with van der Waals surface area (Å²) in [5.74, 6) is 2.11. The molecule has 27 heavy (non-hydrogen) atoms. The number of fused-ring (bicyclic) bond motifs is 3. The molecule has 0 fully saturated rings. The first-order valence-electron chi connectivity index (χ1n) is 8.98. The van der Waals surface area contributed by atoms with Gasteiger partial charge in [0.25, 0.3) is 0 Å². The molecule has 4 rings (SSSR count). The maximum atomic E-state index is 12.7. The summed E-state index contributed by atoms with van der Waals surface area (Å²) in [6.07, 6.45) is 3.94. The quantitative estimate of drug-likeness (QED) is 0.601. The Hall–Kier alpha value is -3.06. The lowest BCUT2D eigenvalue weighted by atomic mass is 10.1. The van der Waals surface area contributed by atoms with Gasteiger partial charge in [-0.25, -0.2) is 4.99 Å². The van der Waals surface area contributed by atoms with E-state index in [0.717, 1.165) is 11.4 Å². The van der Waals surface area contributed by atoms with Crippen molar-refractivity contribution >= 4 is 23.1 Å². The molecule has 0 bridgehead atoms.